The second-order valence-corrected chi connectivity index (χ2v) is 12.3. The summed E-state index contributed by atoms with van der Waals surface area (Å²) in [5, 5.41) is 8.91. The molecule has 1 atom stereocenters. The van der Waals surface area contributed by atoms with Crippen LogP contribution in [0, 0.1) is 5.82 Å². The zero-order valence-corrected chi connectivity index (χ0v) is 27.7. The van der Waals surface area contributed by atoms with Crippen molar-refractivity contribution in [3.8, 4) is 0 Å². The third kappa shape index (κ3) is 7.02. The molecular formula is C35H33FN8O8. The van der Waals surface area contributed by atoms with E-state index < -0.39 is 41.1 Å². The number of imide groups is 2. The summed E-state index contributed by atoms with van der Waals surface area (Å²) in [4.78, 5) is 87.5. The Morgan fingerprint density at radius 1 is 1.00 bits per heavy atom. The van der Waals surface area contributed by atoms with Crippen molar-refractivity contribution in [3.05, 3.63) is 82.1 Å². The number of ether oxygens (including phenoxy) is 1. The number of hydrogen-bond donors (Lipinski definition) is 3. The lowest BCUT2D eigenvalue weighted by molar-refractivity contribution is -0.136. The Kier molecular flexibility index (Phi) is 9.58. The number of nitrogens with zero attached hydrogens (tertiary/aromatic N) is 5. The number of carbonyl (C=O) groups is 5. The molecule has 7 rings (SSSR count). The summed E-state index contributed by atoms with van der Waals surface area (Å²) in [5.74, 6) is -2.73. The summed E-state index contributed by atoms with van der Waals surface area (Å²) >= 11 is 0. The summed E-state index contributed by atoms with van der Waals surface area (Å²) in [7, 11) is 0. The molecule has 0 radical (unpaired) electrons. The Bertz CT molecular complexity index is 2150. The Hall–Kier alpha value is -6.23. The van der Waals surface area contributed by atoms with Gasteiger partial charge in [-0.25, -0.2) is 14.2 Å². The van der Waals surface area contributed by atoms with E-state index in [0.717, 1.165) is 11.1 Å². The van der Waals surface area contributed by atoms with Gasteiger partial charge in [0.05, 0.1) is 37.0 Å². The number of piperidine rings is 1. The van der Waals surface area contributed by atoms with E-state index in [4.69, 9.17) is 9.15 Å². The first-order valence-corrected chi connectivity index (χ1v) is 16.7. The molecule has 3 aliphatic heterocycles. The first kappa shape index (κ1) is 34.2. The lowest BCUT2D eigenvalue weighted by atomic mass is 10.0. The number of carbonyl (C=O) groups excluding carboxylic acids is 5. The average Bonchev–Trinajstić information content (AvgIpc) is 3.40. The molecule has 0 saturated carbocycles. The first-order chi connectivity index (χ1) is 25.2. The molecule has 16 nitrogen and oxygen atoms in total. The van der Waals surface area contributed by atoms with Crippen molar-refractivity contribution in [3.63, 3.8) is 0 Å². The Labute approximate surface area is 294 Å². The first-order valence-electron chi connectivity index (χ1n) is 16.7. The third-order valence-electron chi connectivity index (χ3n) is 9.02. The van der Waals surface area contributed by atoms with Gasteiger partial charge in [0, 0.05) is 62.0 Å². The molecule has 4 aromatic rings. The number of benzene rings is 2. The Morgan fingerprint density at radius 3 is 2.63 bits per heavy atom. The van der Waals surface area contributed by atoms with Crippen LogP contribution < -0.4 is 26.5 Å². The Morgan fingerprint density at radius 2 is 1.83 bits per heavy atom. The maximum Gasteiger partial charge on any atom is 0.336 e. The average molecular weight is 713 g/mol. The summed E-state index contributed by atoms with van der Waals surface area (Å²) in [5.41, 5.74) is 1.25. The van der Waals surface area contributed by atoms with Crippen molar-refractivity contribution < 1.29 is 37.5 Å². The molecule has 2 fully saturated rings. The van der Waals surface area contributed by atoms with Crippen LogP contribution >= 0.6 is 0 Å². The molecular weight excluding hydrogens is 679 g/mol. The standard InChI is InChI=1S/C35H33FN8O8/c36-23-19-38-35(41-31(23)39-21-5-7-26-20(18-21)4-9-29(47)52-26)43-14-12-42(13-15-43)28(46)10-16-51-17-11-37-24-3-1-2-22-30(24)34(50)44(33(22)49)25-6-8-27(45)40-32(25)48/h1-5,7,9,18-19,25,37H,6,8,10-17H2,(H,38,39,41)(H,40,45,48). The number of piperazine rings is 1. The van der Waals surface area contributed by atoms with Crippen molar-refractivity contribution >= 4 is 63.6 Å². The van der Waals surface area contributed by atoms with E-state index in [1.54, 1.807) is 41.3 Å². The van der Waals surface area contributed by atoms with E-state index in [0.29, 0.717) is 54.5 Å². The van der Waals surface area contributed by atoms with Gasteiger partial charge in [-0.2, -0.15) is 4.98 Å². The van der Waals surface area contributed by atoms with E-state index in [2.05, 4.69) is 25.9 Å². The van der Waals surface area contributed by atoms with Crippen LogP contribution in [-0.2, 0) is 19.1 Å². The van der Waals surface area contributed by atoms with Crippen molar-refractivity contribution in [2.75, 3.05) is 61.5 Å². The molecule has 2 saturated heterocycles. The molecule has 5 heterocycles. The molecule has 17 heteroatoms. The highest BCUT2D eigenvalue weighted by Crippen LogP contribution is 2.32. The minimum atomic E-state index is -1.05. The monoisotopic (exact) mass is 712 g/mol. The molecule has 0 aliphatic carbocycles. The number of amides is 5. The van der Waals surface area contributed by atoms with Gasteiger partial charge in [-0.15, -0.1) is 0 Å². The minimum Gasteiger partial charge on any atom is -0.423 e. The number of hydrogen-bond acceptors (Lipinski definition) is 13. The zero-order valence-electron chi connectivity index (χ0n) is 27.7. The van der Waals surface area contributed by atoms with Crippen LogP contribution in [0.25, 0.3) is 11.0 Å². The van der Waals surface area contributed by atoms with E-state index >= 15 is 0 Å². The normalized spacial score (nSPS) is 17.4. The van der Waals surface area contributed by atoms with Crippen LogP contribution in [0.15, 0.2) is 63.9 Å². The van der Waals surface area contributed by atoms with Crippen LogP contribution in [0.2, 0.25) is 0 Å². The van der Waals surface area contributed by atoms with Crippen molar-refractivity contribution in [2.45, 2.75) is 25.3 Å². The second-order valence-electron chi connectivity index (χ2n) is 12.3. The van der Waals surface area contributed by atoms with Gasteiger partial charge in [0.1, 0.15) is 11.6 Å². The van der Waals surface area contributed by atoms with Crippen LogP contribution in [0.1, 0.15) is 40.0 Å². The molecule has 0 bridgehead atoms. The molecule has 3 aliphatic rings. The second kappa shape index (κ2) is 14.6. The van der Waals surface area contributed by atoms with Crippen LogP contribution in [-0.4, -0.2) is 101 Å². The van der Waals surface area contributed by atoms with Crippen molar-refractivity contribution in [1.82, 2.24) is 25.1 Å². The van der Waals surface area contributed by atoms with Gasteiger partial charge in [0.15, 0.2) is 11.6 Å². The SMILES string of the molecule is O=C1CCC(N2C(=O)c3cccc(NCCOCCC(=O)N4CCN(c5ncc(F)c(Nc6ccc7oc(=O)ccc7c6)n5)CC4)c3C2=O)C(=O)N1. The van der Waals surface area contributed by atoms with E-state index in [1.165, 1.54) is 12.1 Å². The van der Waals surface area contributed by atoms with Gasteiger partial charge < -0.3 is 29.6 Å². The van der Waals surface area contributed by atoms with Crippen LogP contribution in [0.3, 0.4) is 0 Å². The Balaban J connectivity index is 0.851. The largest absolute Gasteiger partial charge is 0.423 e. The molecule has 5 amide bonds. The van der Waals surface area contributed by atoms with E-state index in [-0.39, 0.29) is 61.9 Å². The van der Waals surface area contributed by atoms with Gasteiger partial charge in [-0.3, -0.25) is 34.2 Å². The zero-order chi connectivity index (χ0) is 36.4. The summed E-state index contributed by atoms with van der Waals surface area (Å²) in [6, 6.07) is 11.7. The summed E-state index contributed by atoms with van der Waals surface area (Å²) in [6.07, 6.45) is 1.35. The molecule has 2 aromatic carbocycles. The quantitative estimate of drug-likeness (QED) is 0.116. The lowest BCUT2D eigenvalue weighted by Gasteiger charge is -2.34. The topological polar surface area (TPSA) is 196 Å². The highest BCUT2D eigenvalue weighted by molar-refractivity contribution is 6.25. The van der Waals surface area contributed by atoms with Crippen LogP contribution in [0.4, 0.5) is 27.5 Å². The molecule has 52 heavy (non-hydrogen) atoms. The fourth-order valence-corrected chi connectivity index (χ4v) is 6.38. The predicted molar refractivity (Wildman–Crippen MR) is 184 cm³/mol. The highest BCUT2D eigenvalue weighted by Gasteiger charge is 2.45. The van der Waals surface area contributed by atoms with E-state index in [9.17, 15) is 33.2 Å². The molecule has 268 valence electrons. The molecule has 0 spiro atoms. The molecule has 1 unspecified atom stereocenters. The highest BCUT2D eigenvalue weighted by atomic mass is 19.1. The van der Waals surface area contributed by atoms with Crippen molar-refractivity contribution in [1.29, 1.82) is 0 Å². The number of fused-ring (bicyclic) bond motifs is 2. The summed E-state index contributed by atoms with van der Waals surface area (Å²) in [6.45, 7) is 2.41. The molecule has 3 N–H and O–H groups in total. The van der Waals surface area contributed by atoms with Gasteiger partial charge in [0.2, 0.25) is 23.7 Å². The summed E-state index contributed by atoms with van der Waals surface area (Å²) < 4.78 is 25.5. The maximum absolute atomic E-state index is 14.6. The van der Waals surface area contributed by atoms with E-state index in [1.807, 2.05) is 4.90 Å². The number of aromatic nitrogens is 2. The van der Waals surface area contributed by atoms with Gasteiger partial charge in [0.25, 0.3) is 11.8 Å². The molecule has 2 aromatic heterocycles. The number of halogens is 1. The maximum atomic E-state index is 14.6. The van der Waals surface area contributed by atoms with Crippen molar-refractivity contribution in [2.24, 2.45) is 0 Å². The third-order valence-corrected chi connectivity index (χ3v) is 9.02. The predicted octanol–water partition coefficient (Wildman–Crippen LogP) is 2.03. The fourth-order valence-electron chi connectivity index (χ4n) is 6.38. The van der Waals surface area contributed by atoms with Gasteiger partial charge in [-0.1, -0.05) is 6.07 Å². The smallest absolute Gasteiger partial charge is 0.336 e. The number of rotatable bonds is 11. The number of nitrogens with one attached hydrogen (secondary N) is 3. The number of anilines is 4. The fraction of sp³-hybridized carbons (Fsp3) is 0.314. The van der Waals surface area contributed by atoms with Gasteiger partial charge in [-0.05, 0) is 42.8 Å². The lowest BCUT2D eigenvalue weighted by Crippen LogP contribution is -2.54. The van der Waals surface area contributed by atoms with Gasteiger partial charge >= 0.3 is 5.63 Å². The minimum absolute atomic E-state index is 0.0159. The van der Waals surface area contributed by atoms with Crippen LogP contribution in [0.5, 0.6) is 0 Å².